The molecular formula is C37H40Au2P2. The van der Waals surface area contributed by atoms with E-state index in [1.165, 1.54) is 27.1 Å². The molecule has 0 amide bonds. The zero-order valence-electron chi connectivity index (χ0n) is 24.8. The van der Waals surface area contributed by atoms with E-state index in [0.29, 0.717) is 0 Å². The third-order valence-corrected chi connectivity index (χ3v) is 11.3. The van der Waals surface area contributed by atoms with E-state index in [1.807, 2.05) is 41.5 Å². The summed E-state index contributed by atoms with van der Waals surface area (Å²) in [7, 11) is -0.817. The van der Waals surface area contributed by atoms with Crippen molar-refractivity contribution >= 4 is 37.1 Å². The van der Waals surface area contributed by atoms with Gasteiger partial charge < -0.3 is 24.7 Å². The molecule has 0 bridgehead atoms. The minimum absolute atomic E-state index is 0. The second-order valence-electron chi connectivity index (χ2n) is 11.1. The third-order valence-electron chi connectivity index (χ3n) is 5.30. The maximum Gasteiger partial charge on any atom is 1.00 e. The predicted molar refractivity (Wildman–Crippen MR) is 176 cm³/mol. The molecule has 4 aromatic carbocycles. The molecule has 41 heavy (non-hydrogen) atoms. The molecule has 0 spiro atoms. The number of rotatable bonds is 6. The molecule has 0 unspecified atom stereocenters. The van der Waals surface area contributed by atoms with Crippen molar-refractivity contribution in [1.29, 1.82) is 0 Å². The Morgan fingerprint density at radius 3 is 0.756 bits per heavy atom. The molecule has 4 heteroatoms. The first kappa shape index (κ1) is 39.3. The van der Waals surface area contributed by atoms with E-state index in [1.54, 1.807) is 0 Å². The quantitative estimate of drug-likeness (QED) is 0.0789. The van der Waals surface area contributed by atoms with Crippen molar-refractivity contribution in [2.75, 3.05) is 5.90 Å². The second-order valence-corrected chi connectivity index (χ2v) is 16.0. The van der Waals surface area contributed by atoms with E-state index in [0.717, 1.165) is 0 Å². The van der Waals surface area contributed by atoms with E-state index >= 15 is 0 Å². The average molecular weight is 941 g/mol. The minimum atomic E-state index is -0.409. The molecule has 0 atom stereocenters. The fourth-order valence-corrected chi connectivity index (χ4v) is 9.67. The fraction of sp³-hybridized carbons (Fsp3) is 0.243. The summed E-state index contributed by atoms with van der Waals surface area (Å²) in [5.74, 6) is 5.88. The predicted octanol–water partition coefficient (Wildman–Crippen LogP) is 8.45. The average Bonchev–Trinajstić information content (AvgIpc) is 2.95. The molecule has 0 N–H and O–H groups in total. The van der Waals surface area contributed by atoms with E-state index in [9.17, 15) is 0 Å². The number of benzene rings is 4. The van der Waals surface area contributed by atoms with Crippen LogP contribution in [0, 0.1) is 35.5 Å². The Labute approximate surface area is 284 Å². The smallest absolute Gasteiger partial charge is 0.693 e. The second kappa shape index (κ2) is 20.3. The SMILES string of the molecule is [Au+].[Au+].[C-]#CC(C)(C)C.[C-]#CC(C)(C)C.c1ccc(P(CP(c2ccccc2)c2ccccc2)c2ccccc2)cc1. The van der Waals surface area contributed by atoms with Crippen LogP contribution >= 0.6 is 15.8 Å². The van der Waals surface area contributed by atoms with Crippen LogP contribution in [-0.4, -0.2) is 5.90 Å². The summed E-state index contributed by atoms with van der Waals surface area (Å²) in [4.78, 5) is 0. The molecule has 0 aliphatic heterocycles. The van der Waals surface area contributed by atoms with Crippen LogP contribution < -0.4 is 21.2 Å². The van der Waals surface area contributed by atoms with Crippen molar-refractivity contribution < 1.29 is 44.8 Å². The van der Waals surface area contributed by atoms with Crippen LogP contribution in [0.1, 0.15) is 41.5 Å². The Hall–Kier alpha value is -1.66. The van der Waals surface area contributed by atoms with Crippen molar-refractivity contribution in [1.82, 2.24) is 0 Å². The molecule has 4 rings (SSSR count). The van der Waals surface area contributed by atoms with Crippen molar-refractivity contribution in [3.8, 4) is 11.8 Å². The molecular weight excluding hydrogens is 900 g/mol. The number of hydrogen-bond donors (Lipinski definition) is 0. The van der Waals surface area contributed by atoms with Crippen LogP contribution in [0.5, 0.6) is 0 Å². The van der Waals surface area contributed by atoms with E-state index in [-0.39, 0.29) is 55.6 Å². The molecule has 0 saturated heterocycles. The summed E-state index contributed by atoms with van der Waals surface area (Å²) in [5, 5.41) is 5.83. The van der Waals surface area contributed by atoms with Crippen LogP contribution in [0.15, 0.2) is 121 Å². The Kier molecular flexibility index (Phi) is 19.5. The first-order valence-corrected chi connectivity index (χ1v) is 16.2. The first-order valence-electron chi connectivity index (χ1n) is 13.2. The van der Waals surface area contributed by atoms with Gasteiger partial charge in [0.05, 0.1) is 0 Å². The normalized spacial score (nSPS) is 10.3. The van der Waals surface area contributed by atoms with Crippen LogP contribution in [0.4, 0.5) is 0 Å². The van der Waals surface area contributed by atoms with Crippen molar-refractivity contribution in [2.45, 2.75) is 41.5 Å². The van der Waals surface area contributed by atoms with Crippen molar-refractivity contribution in [3.05, 3.63) is 134 Å². The van der Waals surface area contributed by atoms with Crippen LogP contribution in [0.2, 0.25) is 0 Å². The van der Waals surface area contributed by atoms with Gasteiger partial charge in [0.2, 0.25) is 0 Å². The maximum atomic E-state index is 6.60. The zero-order valence-corrected chi connectivity index (χ0v) is 30.9. The van der Waals surface area contributed by atoms with Crippen LogP contribution in [0.3, 0.4) is 0 Å². The van der Waals surface area contributed by atoms with Gasteiger partial charge in [-0.15, -0.1) is 0 Å². The summed E-state index contributed by atoms with van der Waals surface area (Å²) >= 11 is 0. The van der Waals surface area contributed by atoms with Gasteiger partial charge >= 0.3 is 44.8 Å². The van der Waals surface area contributed by atoms with Gasteiger partial charge in [-0.25, -0.2) is 0 Å². The van der Waals surface area contributed by atoms with Gasteiger partial charge in [-0.2, -0.15) is 0 Å². The van der Waals surface area contributed by atoms with Crippen LogP contribution in [0.25, 0.3) is 0 Å². The van der Waals surface area contributed by atoms with Gasteiger partial charge in [0.15, 0.2) is 0 Å². The molecule has 0 aliphatic rings. The summed E-state index contributed by atoms with van der Waals surface area (Å²) in [6.07, 6.45) is 13.2. The summed E-state index contributed by atoms with van der Waals surface area (Å²) in [5.41, 5.74) is -0.0833. The molecule has 0 aromatic heterocycles. The van der Waals surface area contributed by atoms with E-state index in [2.05, 4.69) is 133 Å². The Morgan fingerprint density at radius 1 is 0.439 bits per heavy atom. The van der Waals surface area contributed by atoms with Gasteiger partial charge in [0, 0.05) is 5.90 Å². The first-order chi connectivity index (χ1) is 18.5. The molecule has 0 heterocycles. The van der Waals surface area contributed by atoms with Gasteiger partial charge in [-0.1, -0.05) is 163 Å². The molecule has 0 radical (unpaired) electrons. The topological polar surface area (TPSA) is 0 Å². The largest absolute Gasteiger partial charge is 1.00 e. The van der Waals surface area contributed by atoms with Gasteiger partial charge in [0.1, 0.15) is 0 Å². The molecule has 0 fully saturated rings. The summed E-state index contributed by atoms with van der Waals surface area (Å²) in [6.45, 7) is 11.7. The fourth-order valence-electron chi connectivity index (χ4n) is 3.20. The molecule has 0 nitrogen and oxygen atoms in total. The minimum Gasteiger partial charge on any atom is -0.693 e. The standard InChI is InChI=1S/C25H22P2.2C6H9.2Au/c1-5-13-22(14-6-1)26(23-15-7-2-8-16-23)21-27(24-17-9-3-10-18-24)25-19-11-4-12-20-25;2*1-5-6(2,3)4;;/h1-20H,21H2;2*2-4H3;;/q;2*-1;2*+1. The maximum absolute atomic E-state index is 6.60. The third kappa shape index (κ3) is 16.0. The summed E-state index contributed by atoms with van der Waals surface area (Å²) < 4.78 is 0. The van der Waals surface area contributed by atoms with Gasteiger partial charge in [0.25, 0.3) is 0 Å². The molecule has 0 aliphatic carbocycles. The summed E-state index contributed by atoms with van der Waals surface area (Å²) in [6, 6.07) is 44.1. The van der Waals surface area contributed by atoms with E-state index < -0.39 is 15.8 Å². The zero-order chi connectivity index (χ0) is 28.7. The molecule has 220 valence electrons. The number of hydrogen-bond acceptors (Lipinski definition) is 0. The Morgan fingerprint density at radius 2 is 0.610 bits per heavy atom. The van der Waals surface area contributed by atoms with Crippen molar-refractivity contribution in [3.63, 3.8) is 0 Å². The molecule has 0 saturated carbocycles. The monoisotopic (exact) mass is 940 g/mol. The van der Waals surface area contributed by atoms with Crippen molar-refractivity contribution in [2.24, 2.45) is 10.8 Å². The van der Waals surface area contributed by atoms with Crippen LogP contribution in [-0.2, 0) is 44.8 Å². The van der Waals surface area contributed by atoms with E-state index in [4.69, 9.17) is 12.8 Å². The molecule has 4 aromatic rings. The van der Waals surface area contributed by atoms with Gasteiger partial charge in [-0.3, -0.25) is 0 Å². The Balaban J connectivity index is 0.000000971. The van der Waals surface area contributed by atoms with Gasteiger partial charge in [-0.05, 0) is 47.9 Å². The Bertz CT molecular complexity index is 1110.